The van der Waals surface area contributed by atoms with E-state index in [9.17, 15) is 9.59 Å². The van der Waals surface area contributed by atoms with Crippen molar-refractivity contribution in [2.24, 2.45) is 14.1 Å². The van der Waals surface area contributed by atoms with E-state index in [0.717, 1.165) is 11.8 Å². The molecule has 0 radical (unpaired) electrons. The number of hydrogen-bond acceptors (Lipinski definition) is 3. The maximum absolute atomic E-state index is 10.8. The number of hydrogen-bond donors (Lipinski definition) is 1. The van der Waals surface area contributed by atoms with Crippen LogP contribution in [-0.4, -0.2) is 26.8 Å². The van der Waals surface area contributed by atoms with Crippen LogP contribution in [0.2, 0.25) is 0 Å². The third-order valence-corrected chi connectivity index (χ3v) is 2.51. The highest BCUT2D eigenvalue weighted by atomic mass is 16.1. The fourth-order valence-electron chi connectivity index (χ4n) is 1.69. The number of aldehydes is 1. The Labute approximate surface area is 97.9 Å². The molecule has 0 spiro atoms. The van der Waals surface area contributed by atoms with Crippen LogP contribution in [0.25, 0.3) is 11.4 Å². The molecule has 6 heteroatoms. The summed E-state index contributed by atoms with van der Waals surface area (Å²) in [6.07, 6.45) is 4.89. The second kappa shape index (κ2) is 4.25. The SMILES string of the molecule is Cn1cc(-c2nc(NC=O)cn2C)cc1C=O. The molecule has 0 aliphatic carbocycles. The maximum Gasteiger partial charge on any atom is 0.212 e. The third kappa shape index (κ3) is 1.96. The van der Waals surface area contributed by atoms with Gasteiger partial charge in [-0.1, -0.05) is 0 Å². The average Bonchev–Trinajstić information content (AvgIpc) is 2.82. The first kappa shape index (κ1) is 11.1. The molecule has 0 unspecified atom stereocenters. The van der Waals surface area contributed by atoms with Gasteiger partial charge < -0.3 is 14.5 Å². The van der Waals surface area contributed by atoms with Crippen molar-refractivity contribution in [1.29, 1.82) is 0 Å². The van der Waals surface area contributed by atoms with E-state index in [2.05, 4.69) is 10.3 Å². The molecule has 0 fully saturated rings. The Morgan fingerprint density at radius 2 is 2.00 bits per heavy atom. The number of carbonyl (C=O) groups excluding carboxylic acids is 2. The molecule has 17 heavy (non-hydrogen) atoms. The molecular formula is C11H12N4O2. The Balaban J connectivity index is 2.44. The minimum absolute atomic E-state index is 0.481. The number of amides is 1. The van der Waals surface area contributed by atoms with E-state index in [4.69, 9.17) is 0 Å². The number of anilines is 1. The maximum atomic E-state index is 10.8. The largest absolute Gasteiger partial charge is 0.348 e. The molecule has 6 nitrogen and oxygen atoms in total. The van der Waals surface area contributed by atoms with Gasteiger partial charge in [0.1, 0.15) is 5.82 Å². The van der Waals surface area contributed by atoms with Gasteiger partial charge in [0.2, 0.25) is 6.41 Å². The summed E-state index contributed by atoms with van der Waals surface area (Å²) < 4.78 is 3.51. The summed E-state index contributed by atoms with van der Waals surface area (Å²) in [5, 5.41) is 2.49. The Morgan fingerprint density at radius 3 is 2.59 bits per heavy atom. The second-order valence-electron chi connectivity index (χ2n) is 3.71. The molecule has 0 bridgehead atoms. The molecule has 2 heterocycles. The van der Waals surface area contributed by atoms with Crippen LogP contribution in [0.1, 0.15) is 10.5 Å². The van der Waals surface area contributed by atoms with Crippen molar-refractivity contribution in [3.8, 4) is 11.4 Å². The van der Waals surface area contributed by atoms with E-state index in [1.54, 1.807) is 28.4 Å². The number of aryl methyl sites for hydroxylation is 2. The molecule has 2 aromatic rings. The van der Waals surface area contributed by atoms with E-state index >= 15 is 0 Å². The first-order valence-electron chi connectivity index (χ1n) is 5.01. The van der Waals surface area contributed by atoms with Crippen molar-refractivity contribution in [3.63, 3.8) is 0 Å². The molecule has 1 N–H and O–H groups in total. The minimum atomic E-state index is 0.481. The number of nitrogens with one attached hydrogen (secondary N) is 1. The summed E-state index contributed by atoms with van der Waals surface area (Å²) in [5.74, 6) is 1.17. The van der Waals surface area contributed by atoms with Gasteiger partial charge in [-0.05, 0) is 6.07 Å². The lowest BCUT2D eigenvalue weighted by Crippen LogP contribution is -1.92. The minimum Gasteiger partial charge on any atom is -0.348 e. The molecule has 2 aromatic heterocycles. The predicted molar refractivity (Wildman–Crippen MR) is 62.7 cm³/mol. The number of rotatable bonds is 4. The topological polar surface area (TPSA) is 68.9 Å². The van der Waals surface area contributed by atoms with Gasteiger partial charge in [0.05, 0.1) is 5.69 Å². The monoisotopic (exact) mass is 232 g/mol. The van der Waals surface area contributed by atoms with E-state index in [1.807, 2.05) is 13.2 Å². The first-order chi connectivity index (χ1) is 8.15. The molecule has 0 saturated carbocycles. The van der Waals surface area contributed by atoms with Gasteiger partial charge in [-0.3, -0.25) is 9.59 Å². The molecular weight excluding hydrogens is 220 g/mol. The van der Waals surface area contributed by atoms with Crippen LogP contribution < -0.4 is 5.32 Å². The molecule has 0 saturated heterocycles. The van der Waals surface area contributed by atoms with E-state index in [-0.39, 0.29) is 0 Å². The van der Waals surface area contributed by atoms with Gasteiger partial charge in [0.25, 0.3) is 0 Å². The lowest BCUT2D eigenvalue weighted by Gasteiger charge is -1.96. The van der Waals surface area contributed by atoms with Crippen molar-refractivity contribution < 1.29 is 9.59 Å². The van der Waals surface area contributed by atoms with Crippen LogP contribution in [0.15, 0.2) is 18.5 Å². The Morgan fingerprint density at radius 1 is 1.24 bits per heavy atom. The number of aromatic nitrogens is 3. The van der Waals surface area contributed by atoms with Gasteiger partial charge >= 0.3 is 0 Å². The molecule has 0 aliphatic rings. The van der Waals surface area contributed by atoms with Crippen molar-refractivity contribution >= 4 is 18.5 Å². The smallest absolute Gasteiger partial charge is 0.212 e. The highest BCUT2D eigenvalue weighted by Crippen LogP contribution is 2.21. The van der Waals surface area contributed by atoms with Gasteiger partial charge in [-0.2, -0.15) is 0 Å². The Hall–Kier alpha value is -2.37. The summed E-state index contributed by atoms with van der Waals surface area (Å²) in [6, 6.07) is 1.75. The zero-order valence-corrected chi connectivity index (χ0v) is 9.54. The summed E-state index contributed by atoms with van der Waals surface area (Å²) in [4.78, 5) is 25.3. The molecule has 0 atom stereocenters. The van der Waals surface area contributed by atoms with Crippen LogP contribution in [0.5, 0.6) is 0 Å². The lowest BCUT2D eigenvalue weighted by molar-refractivity contribution is -0.105. The molecule has 88 valence electrons. The van der Waals surface area contributed by atoms with Gasteiger partial charge in [0, 0.05) is 32.1 Å². The number of carbonyl (C=O) groups is 2. The van der Waals surface area contributed by atoms with Crippen LogP contribution in [-0.2, 0) is 18.9 Å². The van der Waals surface area contributed by atoms with E-state index in [1.165, 1.54) is 0 Å². The molecule has 2 rings (SSSR count). The Bertz CT molecular complexity index is 568. The Kier molecular flexibility index (Phi) is 2.78. The fourth-order valence-corrected chi connectivity index (χ4v) is 1.69. The zero-order valence-electron chi connectivity index (χ0n) is 9.54. The number of imidazole rings is 1. The highest BCUT2D eigenvalue weighted by molar-refractivity contribution is 5.77. The number of nitrogens with zero attached hydrogens (tertiary/aromatic N) is 3. The normalized spacial score (nSPS) is 10.2. The quantitative estimate of drug-likeness (QED) is 0.793. The van der Waals surface area contributed by atoms with Crippen molar-refractivity contribution in [2.45, 2.75) is 0 Å². The van der Waals surface area contributed by atoms with Crippen LogP contribution in [0.4, 0.5) is 5.82 Å². The molecule has 0 aromatic carbocycles. The van der Waals surface area contributed by atoms with Crippen LogP contribution in [0, 0.1) is 0 Å². The van der Waals surface area contributed by atoms with Crippen molar-refractivity contribution in [1.82, 2.24) is 14.1 Å². The summed E-state index contributed by atoms with van der Waals surface area (Å²) in [5.41, 5.74) is 1.41. The summed E-state index contributed by atoms with van der Waals surface area (Å²) in [7, 11) is 3.62. The zero-order chi connectivity index (χ0) is 12.4. The van der Waals surface area contributed by atoms with Crippen LogP contribution in [0.3, 0.4) is 0 Å². The lowest BCUT2D eigenvalue weighted by atomic mass is 10.3. The van der Waals surface area contributed by atoms with Crippen molar-refractivity contribution in [3.05, 3.63) is 24.2 Å². The van der Waals surface area contributed by atoms with Gasteiger partial charge in [-0.25, -0.2) is 4.98 Å². The fraction of sp³-hybridized carbons (Fsp3) is 0.182. The average molecular weight is 232 g/mol. The third-order valence-electron chi connectivity index (χ3n) is 2.51. The summed E-state index contributed by atoms with van der Waals surface area (Å²) in [6.45, 7) is 0. The predicted octanol–water partition coefficient (Wildman–Crippen LogP) is 0.806. The van der Waals surface area contributed by atoms with Crippen LogP contribution >= 0.6 is 0 Å². The van der Waals surface area contributed by atoms with Gasteiger partial charge in [-0.15, -0.1) is 0 Å². The van der Waals surface area contributed by atoms with Gasteiger partial charge in [0.15, 0.2) is 12.1 Å². The highest BCUT2D eigenvalue weighted by Gasteiger charge is 2.10. The first-order valence-corrected chi connectivity index (χ1v) is 5.01. The molecule has 0 aliphatic heterocycles. The van der Waals surface area contributed by atoms with E-state index in [0.29, 0.717) is 23.7 Å². The summed E-state index contributed by atoms with van der Waals surface area (Å²) >= 11 is 0. The van der Waals surface area contributed by atoms with Crippen molar-refractivity contribution in [2.75, 3.05) is 5.32 Å². The van der Waals surface area contributed by atoms with E-state index < -0.39 is 0 Å². The molecule has 1 amide bonds. The second-order valence-corrected chi connectivity index (χ2v) is 3.71. The standard InChI is InChI=1S/C11H12N4O2/c1-14-4-8(3-9(14)6-16)11-13-10(12-7-17)5-15(11)2/h3-7H,1-2H3,(H,12,17).